The van der Waals surface area contributed by atoms with Crippen LogP contribution >= 0.6 is 47.1 Å². The third kappa shape index (κ3) is 7.75. The molecule has 2 N–H and O–H groups in total. The third-order valence-corrected chi connectivity index (χ3v) is 8.70. The van der Waals surface area contributed by atoms with Gasteiger partial charge in [0.25, 0.3) is 0 Å². The van der Waals surface area contributed by atoms with E-state index in [1.54, 1.807) is 15.6 Å². The number of guanidine groups is 1. The average Bonchev–Trinajstić information content (AvgIpc) is 3.24. The number of nitrogens with one attached hydrogen (secondary N) is 2. The van der Waals surface area contributed by atoms with Gasteiger partial charge in [0.05, 0.1) is 17.3 Å². The molecule has 7 nitrogen and oxygen atoms in total. The Morgan fingerprint density at radius 1 is 1.24 bits per heavy atom. The van der Waals surface area contributed by atoms with E-state index in [-0.39, 0.29) is 36.3 Å². The summed E-state index contributed by atoms with van der Waals surface area (Å²) in [7, 11) is -3.21. The average molecular weight is 574 g/mol. The molecule has 2 aliphatic rings. The first-order chi connectivity index (χ1) is 13.6. The first-order valence-electron chi connectivity index (χ1n) is 9.97. The summed E-state index contributed by atoms with van der Waals surface area (Å²) >= 11 is 3.60. The molecule has 0 amide bonds. The van der Waals surface area contributed by atoms with Crippen LogP contribution in [0.25, 0.3) is 0 Å². The Labute approximate surface area is 200 Å². The molecule has 166 valence electrons. The van der Waals surface area contributed by atoms with Gasteiger partial charge in [0.1, 0.15) is 0 Å². The second kappa shape index (κ2) is 12.6. The molecule has 1 aromatic heterocycles. The summed E-state index contributed by atoms with van der Waals surface area (Å²) in [5.41, 5.74) is 0. The molecular weight excluding hydrogens is 541 g/mol. The highest BCUT2D eigenvalue weighted by Crippen LogP contribution is 2.24. The van der Waals surface area contributed by atoms with Gasteiger partial charge >= 0.3 is 0 Å². The van der Waals surface area contributed by atoms with E-state index in [9.17, 15) is 8.42 Å². The lowest BCUT2D eigenvalue weighted by atomic mass is 10.1. The topological polar surface area (TPSA) is 77.0 Å². The second-order valence-corrected chi connectivity index (χ2v) is 11.2. The largest absolute Gasteiger partial charge is 0.363 e. The molecule has 0 bridgehead atoms. The number of hydrogen-bond acceptors (Lipinski definition) is 6. The van der Waals surface area contributed by atoms with Crippen molar-refractivity contribution < 1.29 is 8.42 Å². The zero-order chi connectivity index (χ0) is 19.8. The molecule has 1 aromatic rings. The molecule has 2 saturated heterocycles. The standard InChI is InChI=1S/C18H31N5O2S3.HI/c1-2-19-18(20-7-15-28(24,25)23-10-13-26-14-11-23)21-16-5-8-22(9-6-16)17-4-3-12-27-17;/h3-4,12,16H,2,5-11,13-15H2,1H3,(H2,19,20,21);1H. The van der Waals surface area contributed by atoms with Gasteiger partial charge in [-0.05, 0) is 37.3 Å². The number of halogens is 1. The lowest BCUT2D eigenvalue weighted by Gasteiger charge is -2.33. The fraction of sp³-hybridized carbons (Fsp3) is 0.722. The zero-order valence-corrected chi connectivity index (χ0v) is 21.7. The molecule has 11 heteroatoms. The molecule has 0 aromatic carbocycles. The molecule has 29 heavy (non-hydrogen) atoms. The van der Waals surface area contributed by atoms with Crippen LogP contribution in [-0.2, 0) is 10.0 Å². The van der Waals surface area contributed by atoms with Crippen LogP contribution in [0.15, 0.2) is 22.5 Å². The molecule has 2 aliphatic heterocycles. The molecule has 2 fully saturated rings. The van der Waals surface area contributed by atoms with Crippen molar-refractivity contribution in [3.63, 3.8) is 0 Å². The number of hydrogen-bond donors (Lipinski definition) is 2. The number of anilines is 1. The Morgan fingerprint density at radius 2 is 1.97 bits per heavy atom. The fourth-order valence-electron chi connectivity index (χ4n) is 3.43. The molecule has 0 saturated carbocycles. The van der Waals surface area contributed by atoms with Crippen molar-refractivity contribution in [3.05, 3.63) is 17.5 Å². The molecule has 0 radical (unpaired) electrons. The number of nitrogens with zero attached hydrogens (tertiary/aromatic N) is 3. The van der Waals surface area contributed by atoms with E-state index in [1.165, 1.54) is 5.00 Å². The number of thiophene rings is 1. The maximum absolute atomic E-state index is 12.5. The van der Waals surface area contributed by atoms with Crippen molar-refractivity contribution in [2.75, 3.05) is 61.4 Å². The van der Waals surface area contributed by atoms with Gasteiger partial charge in [-0.3, -0.25) is 4.99 Å². The summed E-state index contributed by atoms with van der Waals surface area (Å²) in [6.07, 6.45) is 2.10. The van der Waals surface area contributed by atoms with Gasteiger partial charge in [-0.15, -0.1) is 35.3 Å². The Bertz CT molecular complexity index is 716. The van der Waals surface area contributed by atoms with Crippen LogP contribution in [0.1, 0.15) is 19.8 Å². The maximum atomic E-state index is 12.5. The van der Waals surface area contributed by atoms with Crippen molar-refractivity contribution >= 4 is 68.1 Å². The van der Waals surface area contributed by atoms with Crippen molar-refractivity contribution in [2.45, 2.75) is 25.8 Å². The minimum absolute atomic E-state index is 0. The van der Waals surface area contributed by atoms with E-state index in [1.807, 2.05) is 18.7 Å². The van der Waals surface area contributed by atoms with E-state index < -0.39 is 10.0 Å². The minimum atomic E-state index is -3.21. The Kier molecular flexibility index (Phi) is 10.9. The fourth-order valence-corrected chi connectivity index (χ4v) is 6.67. The highest BCUT2D eigenvalue weighted by atomic mass is 127. The van der Waals surface area contributed by atoms with Crippen LogP contribution in [0.5, 0.6) is 0 Å². The SMILES string of the molecule is CCNC(=NCCS(=O)(=O)N1CCSCC1)NC1CCN(c2cccs2)CC1.I. The number of rotatable bonds is 7. The van der Waals surface area contributed by atoms with E-state index in [4.69, 9.17) is 0 Å². The number of piperidine rings is 1. The lowest BCUT2D eigenvalue weighted by Crippen LogP contribution is -2.49. The molecule has 0 unspecified atom stereocenters. The van der Waals surface area contributed by atoms with Gasteiger partial charge in [0.15, 0.2) is 5.96 Å². The smallest absolute Gasteiger partial charge is 0.215 e. The monoisotopic (exact) mass is 573 g/mol. The van der Waals surface area contributed by atoms with Gasteiger partial charge in [-0.25, -0.2) is 12.7 Å². The minimum Gasteiger partial charge on any atom is -0.363 e. The normalized spacial score (nSPS) is 19.6. The predicted molar refractivity (Wildman–Crippen MR) is 137 cm³/mol. The maximum Gasteiger partial charge on any atom is 0.215 e. The van der Waals surface area contributed by atoms with Crippen LogP contribution in [0.2, 0.25) is 0 Å². The predicted octanol–water partition coefficient (Wildman–Crippen LogP) is 2.27. The van der Waals surface area contributed by atoms with Gasteiger partial charge in [0, 0.05) is 50.3 Å². The Morgan fingerprint density at radius 3 is 2.59 bits per heavy atom. The summed E-state index contributed by atoms with van der Waals surface area (Å²) in [5.74, 6) is 2.57. The molecule has 0 atom stereocenters. The van der Waals surface area contributed by atoms with E-state index >= 15 is 0 Å². The lowest BCUT2D eigenvalue weighted by molar-refractivity contribution is 0.443. The Balaban J connectivity index is 0.00000300. The molecule has 0 spiro atoms. The molecular formula is C18H32IN5O2S3. The number of sulfonamides is 1. The summed E-state index contributed by atoms with van der Waals surface area (Å²) in [6.45, 7) is 6.37. The highest BCUT2D eigenvalue weighted by molar-refractivity contribution is 14.0. The van der Waals surface area contributed by atoms with Gasteiger partial charge in [-0.2, -0.15) is 11.8 Å². The van der Waals surface area contributed by atoms with Crippen LogP contribution < -0.4 is 15.5 Å². The summed E-state index contributed by atoms with van der Waals surface area (Å²) in [5, 5.41) is 10.2. The molecule has 3 rings (SSSR count). The quantitative estimate of drug-likeness (QED) is 0.296. The second-order valence-electron chi connectivity index (χ2n) is 6.95. The van der Waals surface area contributed by atoms with Crippen LogP contribution in [0, 0.1) is 0 Å². The van der Waals surface area contributed by atoms with Gasteiger partial charge < -0.3 is 15.5 Å². The molecule has 0 aliphatic carbocycles. The van der Waals surface area contributed by atoms with Crippen molar-refractivity contribution in [1.29, 1.82) is 0 Å². The van der Waals surface area contributed by atoms with Gasteiger partial charge in [0.2, 0.25) is 10.0 Å². The van der Waals surface area contributed by atoms with Crippen molar-refractivity contribution in [2.24, 2.45) is 4.99 Å². The summed E-state index contributed by atoms with van der Waals surface area (Å²) in [4.78, 5) is 6.96. The summed E-state index contributed by atoms with van der Waals surface area (Å²) in [6, 6.07) is 4.63. The third-order valence-electron chi connectivity index (χ3n) is 4.98. The van der Waals surface area contributed by atoms with Crippen LogP contribution in [0.4, 0.5) is 5.00 Å². The summed E-state index contributed by atoms with van der Waals surface area (Å²) < 4.78 is 26.5. The van der Waals surface area contributed by atoms with E-state index in [2.05, 4.69) is 38.0 Å². The number of thioether (sulfide) groups is 1. The first kappa shape index (κ1) is 25.0. The van der Waals surface area contributed by atoms with Gasteiger partial charge in [-0.1, -0.05) is 0 Å². The first-order valence-corrected chi connectivity index (χ1v) is 13.6. The number of aliphatic imine (C=N–C) groups is 1. The van der Waals surface area contributed by atoms with E-state index in [0.717, 1.165) is 49.9 Å². The van der Waals surface area contributed by atoms with Crippen molar-refractivity contribution in [3.8, 4) is 0 Å². The van der Waals surface area contributed by atoms with Crippen molar-refractivity contribution in [1.82, 2.24) is 14.9 Å². The highest BCUT2D eigenvalue weighted by Gasteiger charge is 2.24. The van der Waals surface area contributed by atoms with Crippen LogP contribution in [-0.4, -0.2) is 81.3 Å². The Hall–Kier alpha value is -0.240. The molecule has 3 heterocycles. The van der Waals surface area contributed by atoms with Crippen LogP contribution in [0.3, 0.4) is 0 Å². The zero-order valence-electron chi connectivity index (χ0n) is 16.9. The van der Waals surface area contributed by atoms with E-state index in [0.29, 0.717) is 19.1 Å².